The maximum Gasteiger partial charge on any atom is 0.158 e. The molecule has 1 unspecified atom stereocenters. The summed E-state index contributed by atoms with van der Waals surface area (Å²) in [5, 5.41) is 1.27. The van der Waals surface area contributed by atoms with Crippen LogP contribution in [0.4, 0.5) is 0 Å². The zero-order valence-corrected chi connectivity index (χ0v) is 15.0. The molecule has 1 fully saturated rings. The third kappa shape index (κ3) is 4.06. The number of fused-ring (bicyclic) bond motifs is 1. The van der Waals surface area contributed by atoms with Crippen LogP contribution in [0.25, 0.3) is 17.0 Å². The molecule has 0 spiro atoms. The molecule has 3 heteroatoms. The molecule has 3 nitrogen and oxygen atoms in total. The number of hydrogen-bond donors (Lipinski definition) is 1. The van der Waals surface area contributed by atoms with Gasteiger partial charge in [-0.25, -0.2) is 0 Å². The van der Waals surface area contributed by atoms with Crippen LogP contribution in [0.2, 0.25) is 0 Å². The zero-order valence-electron chi connectivity index (χ0n) is 15.0. The number of para-hydroxylation sites is 1. The van der Waals surface area contributed by atoms with E-state index < -0.39 is 0 Å². The average molecular weight is 347 g/mol. The van der Waals surface area contributed by atoms with E-state index >= 15 is 0 Å². The van der Waals surface area contributed by atoms with Gasteiger partial charge in [-0.1, -0.05) is 60.7 Å². The smallest absolute Gasteiger partial charge is 0.158 e. The highest BCUT2D eigenvalue weighted by atomic mass is 16.7. The van der Waals surface area contributed by atoms with Gasteiger partial charge in [0.25, 0.3) is 0 Å². The molecule has 1 N–H and O–H groups in total. The Hall–Kier alpha value is -2.36. The molecular formula is C23H25NO2. The summed E-state index contributed by atoms with van der Waals surface area (Å²) in [5.41, 5.74) is 4.85. The molecule has 4 rings (SSSR count). The maximum absolute atomic E-state index is 6.03. The molecule has 1 saturated heterocycles. The lowest BCUT2D eigenvalue weighted by Gasteiger charge is -2.22. The number of H-pyrrole nitrogens is 1. The molecule has 0 bridgehead atoms. The van der Waals surface area contributed by atoms with Gasteiger partial charge in [0.15, 0.2) is 6.29 Å². The van der Waals surface area contributed by atoms with Crippen LogP contribution in [0.1, 0.15) is 36.1 Å². The average Bonchev–Trinajstić information content (AvgIpc) is 3.06. The van der Waals surface area contributed by atoms with Gasteiger partial charge in [-0.05, 0) is 42.9 Å². The van der Waals surface area contributed by atoms with E-state index in [-0.39, 0.29) is 6.29 Å². The summed E-state index contributed by atoms with van der Waals surface area (Å²) in [4.78, 5) is 3.54. The number of hydrogen-bond acceptors (Lipinski definition) is 2. The fourth-order valence-corrected chi connectivity index (χ4v) is 3.51. The summed E-state index contributed by atoms with van der Waals surface area (Å²) >= 11 is 0. The van der Waals surface area contributed by atoms with Gasteiger partial charge in [-0.15, -0.1) is 0 Å². The molecule has 1 aliphatic rings. The van der Waals surface area contributed by atoms with E-state index in [1.54, 1.807) is 0 Å². The first kappa shape index (κ1) is 17.1. The Morgan fingerprint density at radius 3 is 2.73 bits per heavy atom. The monoisotopic (exact) mass is 347 g/mol. The quantitative estimate of drug-likeness (QED) is 0.642. The second kappa shape index (κ2) is 8.35. The number of benzene rings is 2. The highest BCUT2D eigenvalue weighted by molar-refractivity contribution is 5.84. The maximum atomic E-state index is 6.03. The molecule has 0 amide bonds. The number of ether oxygens (including phenoxy) is 2. The van der Waals surface area contributed by atoms with Gasteiger partial charge >= 0.3 is 0 Å². The molecule has 1 atom stereocenters. The lowest BCUT2D eigenvalue weighted by Crippen LogP contribution is -2.22. The summed E-state index contributed by atoms with van der Waals surface area (Å²) < 4.78 is 11.7. The minimum atomic E-state index is -0.0668. The zero-order chi connectivity index (χ0) is 17.6. The molecule has 0 radical (unpaired) electrons. The molecule has 1 aliphatic heterocycles. The molecule has 0 aliphatic carbocycles. The van der Waals surface area contributed by atoms with Gasteiger partial charge in [-0.2, -0.15) is 0 Å². The van der Waals surface area contributed by atoms with E-state index in [1.807, 2.05) is 6.07 Å². The van der Waals surface area contributed by atoms with Crippen molar-refractivity contribution in [2.24, 2.45) is 0 Å². The Kier molecular flexibility index (Phi) is 5.48. The van der Waals surface area contributed by atoms with Crippen LogP contribution in [-0.2, 0) is 22.5 Å². The van der Waals surface area contributed by atoms with E-state index in [2.05, 4.69) is 65.7 Å². The fourth-order valence-electron chi connectivity index (χ4n) is 3.51. The van der Waals surface area contributed by atoms with E-state index in [4.69, 9.17) is 9.47 Å². The molecule has 2 heterocycles. The Bertz CT molecular complexity index is 860. The molecule has 2 aromatic carbocycles. The van der Waals surface area contributed by atoms with Crippen LogP contribution in [0.5, 0.6) is 0 Å². The van der Waals surface area contributed by atoms with Crippen molar-refractivity contribution < 1.29 is 9.47 Å². The Balaban J connectivity index is 1.52. The summed E-state index contributed by atoms with van der Waals surface area (Å²) in [6.45, 7) is 1.37. The fraction of sp³-hybridized carbons (Fsp3) is 0.304. The number of aromatic nitrogens is 1. The van der Waals surface area contributed by atoms with Gasteiger partial charge in [0.2, 0.25) is 0 Å². The first-order chi connectivity index (χ1) is 12.9. The molecular weight excluding hydrogens is 322 g/mol. The van der Waals surface area contributed by atoms with E-state index in [9.17, 15) is 0 Å². The van der Waals surface area contributed by atoms with Crippen LogP contribution in [-0.4, -0.2) is 17.9 Å². The van der Waals surface area contributed by atoms with E-state index in [0.717, 1.165) is 31.6 Å². The van der Waals surface area contributed by atoms with Gasteiger partial charge < -0.3 is 14.5 Å². The minimum Gasteiger partial charge on any atom is -0.356 e. The Morgan fingerprint density at radius 2 is 1.88 bits per heavy atom. The predicted octanol–water partition coefficient (Wildman–Crippen LogP) is 5.47. The molecule has 26 heavy (non-hydrogen) atoms. The lowest BCUT2D eigenvalue weighted by molar-refractivity contribution is -0.169. The Labute approximate surface area is 154 Å². The number of nitrogens with one attached hydrogen (secondary N) is 1. The highest BCUT2D eigenvalue weighted by Crippen LogP contribution is 2.25. The minimum absolute atomic E-state index is 0.0668. The van der Waals surface area contributed by atoms with Crippen LogP contribution in [0, 0.1) is 0 Å². The SMILES string of the molecule is C(=C\c1ccccc1)/Cc1c(COC2CCCCO2)[nH]c2ccccc12. The first-order valence-corrected chi connectivity index (χ1v) is 9.43. The summed E-state index contributed by atoms with van der Waals surface area (Å²) in [7, 11) is 0. The van der Waals surface area contributed by atoms with Crippen LogP contribution < -0.4 is 0 Å². The molecule has 3 aromatic rings. The summed E-state index contributed by atoms with van der Waals surface area (Å²) in [6.07, 6.45) is 8.53. The Morgan fingerprint density at radius 1 is 1.04 bits per heavy atom. The largest absolute Gasteiger partial charge is 0.356 e. The normalized spacial score (nSPS) is 17.9. The van der Waals surface area contributed by atoms with Gasteiger partial charge in [-0.3, -0.25) is 0 Å². The third-order valence-electron chi connectivity index (χ3n) is 4.89. The number of aromatic amines is 1. The second-order valence-corrected chi connectivity index (χ2v) is 6.75. The van der Waals surface area contributed by atoms with Crippen LogP contribution >= 0.6 is 0 Å². The van der Waals surface area contributed by atoms with Gasteiger partial charge in [0.1, 0.15) is 0 Å². The van der Waals surface area contributed by atoms with Gasteiger partial charge in [0, 0.05) is 23.2 Å². The lowest BCUT2D eigenvalue weighted by atomic mass is 10.1. The van der Waals surface area contributed by atoms with Crippen LogP contribution in [0.15, 0.2) is 60.7 Å². The standard InChI is InChI=1S/C23H25NO2/c1-2-9-18(10-3-1)11-8-13-20-19-12-4-5-14-21(19)24-22(20)17-26-23-15-6-7-16-25-23/h1-5,8-12,14,23-24H,6-7,13,15-17H2/b11-8+. The van der Waals surface area contributed by atoms with Crippen molar-refractivity contribution in [3.8, 4) is 0 Å². The number of allylic oxidation sites excluding steroid dienone is 1. The second-order valence-electron chi connectivity index (χ2n) is 6.75. The summed E-state index contributed by atoms with van der Waals surface area (Å²) in [6, 6.07) is 18.9. The number of rotatable bonds is 6. The molecule has 1 aromatic heterocycles. The molecule has 134 valence electrons. The van der Waals surface area contributed by atoms with Crippen LogP contribution in [0.3, 0.4) is 0 Å². The topological polar surface area (TPSA) is 34.2 Å². The van der Waals surface area contributed by atoms with Crippen molar-refractivity contribution in [1.29, 1.82) is 0 Å². The van der Waals surface area contributed by atoms with Crippen molar-refractivity contribution in [3.63, 3.8) is 0 Å². The summed E-state index contributed by atoms with van der Waals surface area (Å²) in [5.74, 6) is 0. The van der Waals surface area contributed by atoms with Gasteiger partial charge in [0.05, 0.1) is 6.61 Å². The van der Waals surface area contributed by atoms with Crippen molar-refractivity contribution in [2.45, 2.75) is 38.6 Å². The highest BCUT2D eigenvalue weighted by Gasteiger charge is 2.16. The van der Waals surface area contributed by atoms with Crippen molar-refractivity contribution in [2.75, 3.05) is 6.61 Å². The van der Waals surface area contributed by atoms with Crippen molar-refractivity contribution in [1.82, 2.24) is 4.98 Å². The predicted molar refractivity (Wildman–Crippen MR) is 106 cm³/mol. The third-order valence-corrected chi connectivity index (χ3v) is 4.89. The van der Waals surface area contributed by atoms with Crippen molar-refractivity contribution in [3.05, 3.63) is 77.5 Å². The first-order valence-electron chi connectivity index (χ1n) is 9.43. The molecule has 0 saturated carbocycles. The van der Waals surface area contributed by atoms with Crippen molar-refractivity contribution >= 4 is 17.0 Å². The van der Waals surface area contributed by atoms with E-state index in [1.165, 1.54) is 28.5 Å². The van der Waals surface area contributed by atoms with E-state index in [0.29, 0.717) is 6.61 Å².